The van der Waals surface area contributed by atoms with E-state index < -0.39 is 7.92 Å². The lowest BCUT2D eigenvalue weighted by Gasteiger charge is -2.18. The fraction of sp³-hybridized carbons (Fsp3) is 0.308. The first-order chi connectivity index (χ1) is 13.9. The molecule has 0 aliphatic rings. The Bertz CT molecular complexity index is 626. The summed E-state index contributed by atoms with van der Waals surface area (Å²) in [6, 6.07) is 32.3. The fourth-order valence-corrected chi connectivity index (χ4v) is 6.39. The lowest BCUT2D eigenvalue weighted by molar-refractivity contribution is 0.776. The molecular weight excluding hydrogens is 374 g/mol. The molecule has 0 bridgehead atoms. The first kappa shape index (κ1) is 22.8. The van der Waals surface area contributed by atoms with E-state index in [1.165, 1.54) is 62.5 Å². The van der Waals surface area contributed by atoms with Crippen molar-refractivity contribution in [2.75, 3.05) is 12.3 Å². The normalized spacial score (nSPS) is 10.8. The van der Waals surface area contributed by atoms with Gasteiger partial charge in [-0.1, -0.05) is 124 Å². The molecule has 0 N–H and O–H groups in total. The van der Waals surface area contributed by atoms with Crippen LogP contribution in [0.1, 0.15) is 39.5 Å². The molecule has 0 radical (unpaired) electrons. The zero-order valence-electron chi connectivity index (χ0n) is 17.4. The first-order valence-electron chi connectivity index (χ1n) is 10.5. The highest BCUT2D eigenvalue weighted by Gasteiger charge is 2.14. The van der Waals surface area contributed by atoms with Gasteiger partial charge in [-0.05, 0) is 42.6 Å². The first-order valence-corrected chi connectivity index (χ1v) is 13.3. The molecule has 0 saturated heterocycles. The molecule has 3 aromatic carbocycles. The van der Waals surface area contributed by atoms with Gasteiger partial charge in [-0.2, -0.15) is 0 Å². The molecule has 0 aliphatic heterocycles. The minimum Gasteiger partial charge on any atom is -0.122 e. The highest BCUT2D eigenvalue weighted by molar-refractivity contribution is 7.79. The van der Waals surface area contributed by atoms with Crippen molar-refractivity contribution in [1.82, 2.24) is 0 Å². The Morgan fingerprint density at radius 1 is 0.536 bits per heavy atom. The van der Waals surface area contributed by atoms with E-state index in [0.29, 0.717) is 0 Å². The van der Waals surface area contributed by atoms with E-state index in [9.17, 15) is 0 Å². The second kappa shape index (κ2) is 14.5. The van der Waals surface area contributed by atoms with Crippen LogP contribution in [0.15, 0.2) is 91.0 Å². The van der Waals surface area contributed by atoms with Gasteiger partial charge < -0.3 is 0 Å². The Morgan fingerprint density at radius 2 is 0.964 bits per heavy atom. The molecule has 1 unspecified atom stereocenters. The van der Waals surface area contributed by atoms with Crippen molar-refractivity contribution >= 4 is 32.4 Å². The standard InChI is InChI=1S/C18H15P.C8H19P/c1-4-10-16(11-5-1)19(17-12-6-2-7-13-17)18-14-8-3-9-15-18;1-3-5-6-8-9-7-4-2/h1-15H;9H,3-8H2,1-2H3. The van der Waals surface area contributed by atoms with Crippen molar-refractivity contribution in [3.8, 4) is 0 Å². The molecule has 148 valence electrons. The zero-order valence-corrected chi connectivity index (χ0v) is 19.2. The third-order valence-electron chi connectivity index (χ3n) is 4.43. The summed E-state index contributed by atoms with van der Waals surface area (Å²) in [4.78, 5) is 0. The zero-order chi connectivity index (χ0) is 19.9. The summed E-state index contributed by atoms with van der Waals surface area (Å²) < 4.78 is 0. The molecule has 1 atom stereocenters. The second-order valence-corrected chi connectivity index (χ2v) is 10.5. The molecular formula is C26H34P2. The molecule has 0 aromatic heterocycles. The molecule has 2 heteroatoms. The summed E-state index contributed by atoms with van der Waals surface area (Å²) in [7, 11) is 0.796. The highest BCUT2D eigenvalue weighted by Crippen LogP contribution is 2.32. The summed E-state index contributed by atoms with van der Waals surface area (Å²) in [5.74, 6) is 0. The molecule has 3 rings (SSSR count). The third-order valence-corrected chi connectivity index (χ3v) is 8.43. The van der Waals surface area contributed by atoms with Crippen LogP contribution in [-0.2, 0) is 0 Å². The van der Waals surface area contributed by atoms with Gasteiger partial charge in [-0.25, -0.2) is 0 Å². The van der Waals surface area contributed by atoms with E-state index in [1.54, 1.807) is 0 Å². The van der Waals surface area contributed by atoms with Crippen molar-refractivity contribution in [3.63, 3.8) is 0 Å². The maximum atomic E-state index is 2.27. The third kappa shape index (κ3) is 8.26. The van der Waals surface area contributed by atoms with Crippen molar-refractivity contribution < 1.29 is 0 Å². The summed E-state index contributed by atoms with van der Waals surface area (Å²) in [6.07, 6.45) is 8.61. The molecule has 0 heterocycles. The van der Waals surface area contributed by atoms with Crippen molar-refractivity contribution in [2.24, 2.45) is 0 Å². The smallest absolute Gasteiger partial charge is 0.0134 e. The van der Waals surface area contributed by atoms with Gasteiger partial charge in [0.05, 0.1) is 0 Å². The van der Waals surface area contributed by atoms with Crippen LogP contribution in [-0.4, -0.2) is 12.3 Å². The summed E-state index contributed by atoms with van der Waals surface area (Å²) in [6.45, 7) is 4.54. The average molecular weight is 409 g/mol. The Balaban J connectivity index is 0.000000266. The minimum absolute atomic E-state index is 0.446. The molecule has 3 aromatic rings. The molecule has 0 fully saturated rings. The number of rotatable bonds is 9. The topological polar surface area (TPSA) is 0 Å². The van der Waals surface area contributed by atoms with Gasteiger partial charge >= 0.3 is 0 Å². The predicted octanol–water partition coefficient (Wildman–Crippen LogP) is 6.71. The predicted molar refractivity (Wildman–Crippen MR) is 133 cm³/mol. The number of unbranched alkanes of at least 4 members (excludes halogenated alkanes) is 2. The van der Waals surface area contributed by atoms with E-state index in [2.05, 4.69) is 105 Å². The van der Waals surface area contributed by atoms with Crippen molar-refractivity contribution in [1.29, 1.82) is 0 Å². The largest absolute Gasteiger partial charge is 0.122 e. The van der Waals surface area contributed by atoms with E-state index in [-0.39, 0.29) is 0 Å². The Kier molecular flexibility index (Phi) is 11.8. The van der Waals surface area contributed by atoms with Crippen LogP contribution >= 0.6 is 16.5 Å². The van der Waals surface area contributed by atoms with Gasteiger partial charge in [0.1, 0.15) is 0 Å². The molecule has 0 amide bonds. The van der Waals surface area contributed by atoms with Crippen LogP contribution in [0.5, 0.6) is 0 Å². The average Bonchev–Trinajstić information content (AvgIpc) is 2.77. The van der Waals surface area contributed by atoms with Crippen LogP contribution in [0.3, 0.4) is 0 Å². The molecule has 0 nitrogen and oxygen atoms in total. The van der Waals surface area contributed by atoms with E-state index in [0.717, 1.165) is 0 Å². The summed E-state index contributed by atoms with van der Waals surface area (Å²) >= 11 is 0. The number of benzene rings is 3. The lowest BCUT2D eigenvalue weighted by atomic mass is 10.3. The fourth-order valence-electron chi connectivity index (χ4n) is 2.98. The van der Waals surface area contributed by atoms with Gasteiger partial charge in [0.2, 0.25) is 0 Å². The summed E-state index contributed by atoms with van der Waals surface area (Å²) in [5, 5.41) is 4.19. The quantitative estimate of drug-likeness (QED) is 0.273. The highest BCUT2D eigenvalue weighted by atomic mass is 31.1. The van der Waals surface area contributed by atoms with E-state index in [1.807, 2.05) is 0 Å². The maximum absolute atomic E-state index is 2.27. The summed E-state index contributed by atoms with van der Waals surface area (Å²) in [5.41, 5.74) is 0. The van der Waals surface area contributed by atoms with Gasteiger partial charge in [0.15, 0.2) is 0 Å². The van der Waals surface area contributed by atoms with Crippen LogP contribution < -0.4 is 15.9 Å². The van der Waals surface area contributed by atoms with E-state index >= 15 is 0 Å². The van der Waals surface area contributed by atoms with Crippen molar-refractivity contribution in [3.05, 3.63) is 91.0 Å². The van der Waals surface area contributed by atoms with Crippen LogP contribution in [0.2, 0.25) is 0 Å². The Morgan fingerprint density at radius 3 is 1.32 bits per heavy atom. The maximum Gasteiger partial charge on any atom is -0.0134 e. The number of hydrogen-bond donors (Lipinski definition) is 0. The Labute approximate surface area is 175 Å². The second-order valence-electron chi connectivity index (χ2n) is 6.80. The molecule has 0 spiro atoms. The van der Waals surface area contributed by atoms with Crippen LogP contribution in [0.25, 0.3) is 0 Å². The van der Waals surface area contributed by atoms with E-state index in [4.69, 9.17) is 0 Å². The van der Waals surface area contributed by atoms with Gasteiger partial charge in [0.25, 0.3) is 0 Å². The SMILES string of the molecule is CCCCCPCCC.c1ccc(P(c2ccccc2)c2ccccc2)cc1. The van der Waals surface area contributed by atoms with Crippen LogP contribution in [0, 0.1) is 0 Å². The van der Waals surface area contributed by atoms with Gasteiger partial charge in [-0.15, -0.1) is 8.58 Å². The molecule has 28 heavy (non-hydrogen) atoms. The molecule has 0 saturated carbocycles. The monoisotopic (exact) mass is 408 g/mol. The van der Waals surface area contributed by atoms with Gasteiger partial charge in [0, 0.05) is 0 Å². The molecule has 0 aliphatic carbocycles. The minimum atomic E-state index is -0.446. The lowest BCUT2D eigenvalue weighted by Crippen LogP contribution is -2.20. The number of hydrogen-bond acceptors (Lipinski definition) is 0. The Hall–Kier alpha value is -1.48. The van der Waals surface area contributed by atoms with Crippen LogP contribution in [0.4, 0.5) is 0 Å². The van der Waals surface area contributed by atoms with Crippen molar-refractivity contribution in [2.45, 2.75) is 39.5 Å². The van der Waals surface area contributed by atoms with Gasteiger partial charge in [-0.3, -0.25) is 0 Å².